The minimum atomic E-state index is -4.70. The molecule has 3 rings (SSSR count). The SMILES string of the molecule is COc1ncc(-c2cc(=O)[nH]c(-c3cc(CC(C)(C)C(N)=O)ccc3C(F)(F)F)n2)cn1. The Hall–Kier alpha value is -3.76. The summed E-state index contributed by atoms with van der Waals surface area (Å²) in [6.45, 7) is 3.19. The van der Waals surface area contributed by atoms with E-state index in [0.29, 0.717) is 11.1 Å². The Labute approximate surface area is 180 Å². The molecule has 0 spiro atoms. The van der Waals surface area contributed by atoms with Crippen LogP contribution in [-0.4, -0.2) is 33.0 Å². The summed E-state index contributed by atoms with van der Waals surface area (Å²) in [6, 6.07) is 4.63. The second kappa shape index (κ2) is 8.40. The monoisotopic (exact) mass is 447 g/mol. The number of hydrogen-bond acceptors (Lipinski definition) is 6. The molecule has 0 atom stereocenters. The number of carbonyl (C=O) groups is 1. The van der Waals surface area contributed by atoms with E-state index in [4.69, 9.17) is 10.5 Å². The largest absolute Gasteiger partial charge is 0.467 e. The molecule has 0 bridgehead atoms. The molecule has 32 heavy (non-hydrogen) atoms. The molecule has 0 aliphatic rings. The number of ether oxygens (including phenoxy) is 1. The number of nitrogens with one attached hydrogen (secondary N) is 1. The van der Waals surface area contributed by atoms with Crippen molar-refractivity contribution in [3.05, 3.63) is 58.1 Å². The summed E-state index contributed by atoms with van der Waals surface area (Å²) in [5.41, 5.74) is 3.27. The number of benzene rings is 1. The van der Waals surface area contributed by atoms with Gasteiger partial charge in [0, 0.05) is 35.0 Å². The van der Waals surface area contributed by atoms with Crippen molar-refractivity contribution >= 4 is 5.91 Å². The van der Waals surface area contributed by atoms with Crippen molar-refractivity contribution in [3.63, 3.8) is 0 Å². The second-order valence-electron chi connectivity index (χ2n) is 7.74. The summed E-state index contributed by atoms with van der Waals surface area (Å²) >= 11 is 0. The first-order valence-electron chi connectivity index (χ1n) is 9.39. The minimum Gasteiger partial charge on any atom is -0.467 e. The summed E-state index contributed by atoms with van der Waals surface area (Å²) in [5, 5.41) is 0. The van der Waals surface area contributed by atoms with E-state index in [0.717, 1.165) is 12.1 Å². The van der Waals surface area contributed by atoms with E-state index in [2.05, 4.69) is 19.9 Å². The van der Waals surface area contributed by atoms with E-state index < -0.39 is 28.6 Å². The number of nitrogens with two attached hydrogens (primary N) is 1. The zero-order valence-electron chi connectivity index (χ0n) is 17.4. The minimum absolute atomic E-state index is 0.0856. The molecule has 0 unspecified atom stereocenters. The van der Waals surface area contributed by atoms with Crippen LogP contribution >= 0.6 is 0 Å². The molecule has 3 N–H and O–H groups in total. The lowest BCUT2D eigenvalue weighted by Crippen LogP contribution is -2.33. The zero-order chi connectivity index (χ0) is 23.7. The molecule has 0 saturated carbocycles. The van der Waals surface area contributed by atoms with Crippen LogP contribution in [0.5, 0.6) is 6.01 Å². The van der Waals surface area contributed by atoms with Crippen LogP contribution in [0.15, 0.2) is 41.5 Å². The van der Waals surface area contributed by atoms with Gasteiger partial charge in [0.2, 0.25) is 5.91 Å². The smallest absolute Gasteiger partial charge is 0.417 e. The Balaban J connectivity index is 2.16. The molecule has 2 aromatic heterocycles. The van der Waals surface area contributed by atoms with Crippen LogP contribution in [0.25, 0.3) is 22.6 Å². The number of alkyl halides is 3. The topological polar surface area (TPSA) is 124 Å². The second-order valence-corrected chi connectivity index (χ2v) is 7.74. The lowest BCUT2D eigenvalue weighted by atomic mass is 9.84. The van der Waals surface area contributed by atoms with Gasteiger partial charge in [-0.3, -0.25) is 9.59 Å². The number of halogens is 3. The highest BCUT2D eigenvalue weighted by Crippen LogP contribution is 2.37. The zero-order valence-corrected chi connectivity index (χ0v) is 17.4. The van der Waals surface area contributed by atoms with Crippen LogP contribution in [0.4, 0.5) is 13.2 Å². The van der Waals surface area contributed by atoms with Crippen LogP contribution in [0.1, 0.15) is 25.0 Å². The molecule has 8 nitrogen and oxygen atoms in total. The molecule has 0 saturated heterocycles. The van der Waals surface area contributed by atoms with Crippen molar-refractivity contribution < 1.29 is 22.7 Å². The van der Waals surface area contributed by atoms with E-state index >= 15 is 0 Å². The van der Waals surface area contributed by atoms with E-state index in [1.165, 1.54) is 31.6 Å². The van der Waals surface area contributed by atoms with Crippen molar-refractivity contribution in [3.8, 4) is 28.7 Å². The maximum atomic E-state index is 13.7. The van der Waals surface area contributed by atoms with Gasteiger partial charge in [0.25, 0.3) is 5.56 Å². The van der Waals surface area contributed by atoms with Crippen molar-refractivity contribution in [1.29, 1.82) is 0 Å². The van der Waals surface area contributed by atoms with Crippen LogP contribution in [-0.2, 0) is 17.4 Å². The normalized spacial score (nSPS) is 11.9. The summed E-state index contributed by atoms with van der Waals surface area (Å²) in [4.78, 5) is 38.3. The summed E-state index contributed by atoms with van der Waals surface area (Å²) < 4.78 is 46.0. The maximum Gasteiger partial charge on any atom is 0.417 e. The van der Waals surface area contributed by atoms with Gasteiger partial charge in [-0.25, -0.2) is 15.0 Å². The molecule has 2 heterocycles. The molecular weight excluding hydrogens is 427 g/mol. The number of aromatic nitrogens is 4. The van der Waals surface area contributed by atoms with Gasteiger partial charge in [-0.1, -0.05) is 19.9 Å². The summed E-state index contributed by atoms with van der Waals surface area (Å²) in [6.07, 6.45) is -1.92. The average molecular weight is 447 g/mol. The number of hydrogen-bond donors (Lipinski definition) is 2. The molecule has 0 fully saturated rings. The van der Waals surface area contributed by atoms with E-state index in [1.807, 2.05) is 0 Å². The van der Waals surface area contributed by atoms with E-state index in [9.17, 15) is 22.8 Å². The highest BCUT2D eigenvalue weighted by molar-refractivity contribution is 5.80. The Bertz CT molecular complexity index is 1200. The van der Waals surface area contributed by atoms with Gasteiger partial charge in [-0.05, 0) is 24.1 Å². The highest BCUT2D eigenvalue weighted by Gasteiger charge is 2.35. The van der Waals surface area contributed by atoms with Crippen molar-refractivity contribution in [2.45, 2.75) is 26.4 Å². The van der Waals surface area contributed by atoms with Crippen LogP contribution in [0.3, 0.4) is 0 Å². The van der Waals surface area contributed by atoms with Gasteiger partial charge in [0.05, 0.1) is 18.4 Å². The quantitative estimate of drug-likeness (QED) is 0.599. The number of methoxy groups -OCH3 is 1. The number of H-pyrrole nitrogens is 1. The molecule has 0 aliphatic carbocycles. The maximum absolute atomic E-state index is 13.7. The third-order valence-electron chi connectivity index (χ3n) is 4.81. The van der Waals surface area contributed by atoms with Gasteiger partial charge in [-0.2, -0.15) is 13.2 Å². The summed E-state index contributed by atoms with van der Waals surface area (Å²) in [7, 11) is 1.38. The fourth-order valence-electron chi connectivity index (χ4n) is 3.03. The Morgan fingerprint density at radius 3 is 2.38 bits per heavy atom. The van der Waals surface area contributed by atoms with Crippen molar-refractivity contribution in [1.82, 2.24) is 19.9 Å². The Kier molecular flexibility index (Phi) is 6.02. The third kappa shape index (κ3) is 4.93. The van der Waals surface area contributed by atoms with Crippen molar-refractivity contribution in [2.75, 3.05) is 7.11 Å². The molecule has 3 aromatic rings. The van der Waals surface area contributed by atoms with Crippen molar-refractivity contribution in [2.24, 2.45) is 11.1 Å². The first-order chi connectivity index (χ1) is 14.9. The van der Waals surface area contributed by atoms with Crippen LogP contribution in [0, 0.1) is 5.41 Å². The van der Waals surface area contributed by atoms with Gasteiger partial charge >= 0.3 is 12.2 Å². The molecule has 1 aromatic carbocycles. The first-order valence-corrected chi connectivity index (χ1v) is 9.39. The number of aromatic amines is 1. The molecule has 1 amide bonds. The Morgan fingerprint density at radius 1 is 1.16 bits per heavy atom. The predicted octanol–water partition coefficient (Wildman–Crippen LogP) is 2.98. The number of nitrogens with zero attached hydrogens (tertiary/aromatic N) is 3. The standard InChI is InChI=1S/C21H20F3N5O3/c1-20(2,18(25)31)8-11-4-5-14(21(22,23)24)13(6-11)17-28-15(7-16(30)29-17)12-9-26-19(32-3)27-10-12/h4-7,9-10H,8H2,1-3H3,(H2,25,31)(H,28,29,30). The lowest BCUT2D eigenvalue weighted by molar-refractivity contribution is -0.137. The molecule has 168 valence electrons. The molecule has 0 aliphatic heterocycles. The fourth-order valence-corrected chi connectivity index (χ4v) is 3.03. The highest BCUT2D eigenvalue weighted by atomic mass is 19.4. The fraction of sp³-hybridized carbons (Fsp3) is 0.286. The third-order valence-corrected chi connectivity index (χ3v) is 4.81. The van der Waals surface area contributed by atoms with Crippen LogP contribution in [0.2, 0.25) is 0 Å². The number of carbonyl (C=O) groups excluding carboxylic acids is 1. The number of primary amides is 1. The predicted molar refractivity (Wildman–Crippen MR) is 110 cm³/mol. The molecule has 11 heteroatoms. The number of amides is 1. The van der Waals surface area contributed by atoms with E-state index in [-0.39, 0.29) is 29.5 Å². The van der Waals surface area contributed by atoms with Gasteiger partial charge in [0.1, 0.15) is 5.82 Å². The molecule has 0 radical (unpaired) electrons. The Morgan fingerprint density at radius 2 is 1.81 bits per heavy atom. The first kappa shape index (κ1) is 22.9. The van der Waals surface area contributed by atoms with Gasteiger partial charge < -0.3 is 15.5 Å². The van der Waals surface area contributed by atoms with Gasteiger partial charge in [-0.15, -0.1) is 0 Å². The van der Waals surface area contributed by atoms with Gasteiger partial charge in [0.15, 0.2) is 0 Å². The van der Waals surface area contributed by atoms with E-state index in [1.54, 1.807) is 13.8 Å². The number of rotatable bonds is 6. The van der Waals surface area contributed by atoms with Crippen LogP contribution < -0.4 is 16.0 Å². The summed E-state index contributed by atoms with van der Waals surface area (Å²) in [5.74, 6) is -0.874. The lowest BCUT2D eigenvalue weighted by Gasteiger charge is -2.21. The average Bonchev–Trinajstić information content (AvgIpc) is 2.72. The molecular formula is C21H20F3N5O3.